The van der Waals surface area contributed by atoms with Crippen molar-refractivity contribution in [1.29, 1.82) is 0 Å². The number of hydrogen-bond acceptors (Lipinski definition) is 1. The summed E-state index contributed by atoms with van der Waals surface area (Å²) in [6.07, 6.45) is -1.51. The van der Waals surface area contributed by atoms with Gasteiger partial charge in [0, 0.05) is 6.07 Å². The summed E-state index contributed by atoms with van der Waals surface area (Å²) in [5.74, 6) is 0.587. The Labute approximate surface area is 122 Å². The molecular formula is C16H18F3N2+. The third-order valence-electron chi connectivity index (χ3n) is 3.25. The van der Waals surface area contributed by atoms with Gasteiger partial charge < -0.3 is 0 Å². The molecule has 1 heterocycles. The summed E-state index contributed by atoms with van der Waals surface area (Å²) in [5, 5.41) is 3.17. The molecule has 0 aliphatic carbocycles. The van der Waals surface area contributed by atoms with Gasteiger partial charge in [0.05, 0.1) is 11.6 Å². The van der Waals surface area contributed by atoms with Gasteiger partial charge in [-0.05, 0) is 31.4 Å². The van der Waals surface area contributed by atoms with Crippen LogP contribution in [0, 0.1) is 0 Å². The van der Waals surface area contributed by atoms with Gasteiger partial charge in [-0.15, -0.1) is 0 Å². The Balaban J connectivity index is 1.86. The summed E-state index contributed by atoms with van der Waals surface area (Å²) >= 11 is 0. The number of anilines is 1. The van der Waals surface area contributed by atoms with Gasteiger partial charge >= 0.3 is 6.18 Å². The smallest absolute Gasteiger partial charge is 0.272 e. The van der Waals surface area contributed by atoms with Crippen LogP contribution in [-0.2, 0) is 12.6 Å². The maximum absolute atomic E-state index is 12.5. The van der Waals surface area contributed by atoms with Crippen LogP contribution in [0.3, 0.4) is 0 Å². The summed E-state index contributed by atoms with van der Waals surface area (Å²) in [6, 6.07) is 12.8. The van der Waals surface area contributed by atoms with Gasteiger partial charge in [0.25, 0.3) is 5.82 Å². The van der Waals surface area contributed by atoms with Gasteiger partial charge in [-0.3, -0.25) is 5.32 Å². The van der Waals surface area contributed by atoms with E-state index in [2.05, 4.69) is 22.4 Å². The first-order chi connectivity index (χ1) is 9.95. The molecule has 0 unspecified atom stereocenters. The quantitative estimate of drug-likeness (QED) is 0.888. The monoisotopic (exact) mass is 295 g/mol. The Morgan fingerprint density at radius 1 is 1.10 bits per heavy atom. The first-order valence-electron chi connectivity index (χ1n) is 6.84. The minimum absolute atomic E-state index is 0.165. The predicted octanol–water partition coefficient (Wildman–Crippen LogP) is 3.95. The molecule has 0 aliphatic heterocycles. The van der Waals surface area contributed by atoms with E-state index in [1.54, 1.807) is 0 Å². The molecule has 2 rings (SSSR count). The number of aryl methyl sites for hydroxylation is 1. The van der Waals surface area contributed by atoms with Gasteiger partial charge in [-0.1, -0.05) is 30.3 Å². The molecule has 0 saturated heterocycles. The average Bonchev–Trinajstić information content (AvgIpc) is 2.46. The number of pyridine rings is 1. The van der Waals surface area contributed by atoms with Crippen molar-refractivity contribution < 1.29 is 18.2 Å². The molecular weight excluding hydrogens is 277 g/mol. The van der Waals surface area contributed by atoms with Crippen molar-refractivity contribution in [3.8, 4) is 0 Å². The molecule has 112 valence electrons. The van der Waals surface area contributed by atoms with E-state index in [0.717, 1.165) is 25.1 Å². The van der Waals surface area contributed by atoms with Crippen LogP contribution in [0.15, 0.2) is 48.7 Å². The van der Waals surface area contributed by atoms with Crippen LogP contribution in [0.1, 0.15) is 24.5 Å². The molecule has 0 bridgehead atoms. The lowest BCUT2D eigenvalue weighted by atomic mass is 10.1. The van der Waals surface area contributed by atoms with E-state index < -0.39 is 11.7 Å². The molecule has 1 atom stereocenters. The van der Waals surface area contributed by atoms with Crippen molar-refractivity contribution in [1.82, 2.24) is 0 Å². The van der Waals surface area contributed by atoms with Crippen LogP contribution >= 0.6 is 0 Å². The van der Waals surface area contributed by atoms with Crippen molar-refractivity contribution >= 4 is 5.82 Å². The van der Waals surface area contributed by atoms with E-state index in [0.29, 0.717) is 5.82 Å². The first-order valence-corrected chi connectivity index (χ1v) is 6.84. The van der Waals surface area contributed by atoms with Gasteiger partial charge in [-0.25, -0.2) is 4.98 Å². The Morgan fingerprint density at radius 3 is 2.38 bits per heavy atom. The zero-order chi connectivity index (χ0) is 15.3. The normalized spacial score (nSPS) is 13.0. The summed E-state index contributed by atoms with van der Waals surface area (Å²) in [6.45, 7) is 2.01. The number of rotatable bonds is 5. The Kier molecular flexibility index (Phi) is 4.83. The lowest BCUT2D eigenvalue weighted by Gasteiger charge is -2.10. The Hall–Kier alpha value is -2.04. The lowest BCUT2D eigenvalue weighted by molar-refractivity contribution is -0.365. The number of nitrogens with one attached hydrogen (secondary N) is 2. The maximum Gasteiger partial charge on any atom is 0.419 e. The standard InChI is InChI=1S/C16H17F3N2/c1-12(7-8-13-5-3-2-4-6-13)21-15-10-9-14(11-20-15)16(17,18)19/h2-6,9-12H,7-8H2,1H3,(H,20,21)/p+1/t12-/m1/s1. The van der Waals surface area contributed by atoms with Crippen molar-refractivity contribution in [2.24, 2.45) is 0 Å². The summed E-state index contributed by atoms with van der Waals surface area (Å²) < 4.78 is 37.4. The first kappa shape index (κ1) is 15.4. The fourth-order valence-corrected chi connectivity index (χ4v) is 2.06. The van der Waals surface area contributed by atoms with Crippen molar-refractivity contribution in [2.45, 2.75) is 32.0 Å². The minimum Gasteiger partial charge on any atom is -0.272 e. The Bertz CT molecular complexity index is 550. The highest BCUT2D eigenvalue weighted by Crippen LogP contribution is 2.28. The predicted molar refractivity (Wildman–Crippen MR) is 75.8 cm³/mol. The highest BCUT2D eigenvalue weighted by Gasteiger charge is 2.31. The molecule has 1 aromatic heterocycles. The van der Waals surface area contributed by atoms with Crippen LogP contribution in [0.5, 0.6) is 0 Å². The zero-order valence-electron chi connectivity index (χ0n) is 11.7. The molecule has 0 saturated carbocycles. The third-order valence-corrected chi connectivity index (χ3v) is 3.25. The van der Waals surface area contributed by atoms with Crippen LogP contribution in [0.2, 0.25) is 0 Å². The van der Waals surface area contributed by atoms with E-state index >= 15 is 0 Å². The molecule has 2 aromatic rings. The topological polar surface area (TPSA) is 26.2 Å². The summed E-state index contributed by atoms with van der Waals surface area (Å²) in [4.78, 5) is 2.64. The van der Waals surface area contributed by atoms with Crippen LogP contribution in [-0.4, -0.2) is 6.04 Å². The van der Waals surface area contributed by atoms with E-state index in [4.69, 9.17) is 0 Å². The highest BCUT2D eigenvalue weighted by molar-refractivity contribution is 5.31. The Morgan fingerprint density at radius 2 is 1.81 bits per heavy atom. The summed E-state index contributed by atoms with van der Waals surface area (Å²) in [7, 11) is 0. The summed E-state index contributed by atoms with van der Waals surface area (Å²) in [5.41, 5.74) is 0.576. The largest absolute Gasteiger partial charge is 0.419 e. The third kappa shape index (κ3) is 4.77. The molecule has 2 N–H and O–H groups in total. The average molecular weight is 295 g/mol. The molecule has 0 spiro atoms. The highest BCUT2D eigenvalue weighted by atomic mass is 19.4. The second-order valence-electron chi connectivity index (χ2n) is 5.06. The molecule has 0 amide bonds. The molecule has 0 fully saturated rings. The van der Waals surface area contributed by atoms with Crippen molar-refractivity contribution in [2.75, 3.05) is 5.32 Å². The van der Waals surface area contributed by atoms with Crippen molar-refractivity contribution in [3.63, 3.8) is 0 Å². The lowest BCUT2D eigenvalue weighted by Crippen LogP contribution is -2.23. The molecule has 21 heavy (non-hydrogen) atoms. The second kappa shape index (κ2) is 6.61. The number of aromatic nitrogens is 1. The van der Waals surface area contributed by atoms with E-state index in [9.17, 15) is 13.2 Å². The number of aromatic amines is 1. The zero-order valence-corrected chi connectivity index (χ0v) is 11.7. The number of alkyl halides is 3. The van der Waals surface area contributed by atoms with E-state index in [-0.39, 0.29) is 6.04 Å². The van der Waals surface area contributed by atoms with Crippen LogP contribution < -0.4 is 10.3 Å². The number of halogens is 3. The number of benzene rings is 1. The molecule has 5 heteroatoms. The van der Waals surface area contributed by atoms with E-state index in [1.165, 1.54) is 11.6 Å². The minimum atomic E-state index is -4.31. The van der Waals surface area contributed by atoms with Gasteiger partial charge in [0.2, 0.25) is 0 Å². The van der Waals surface area contributed by atoms with Gasteiger partial charge in [0.1, 0.15) is 6.20 Å². The molecule has 0 aliphatic rings. The second-order valence-corrected chi connectivity index (χ2v) is 5.06. The SMILES string of the molecule is C[C@H](CCc1ccccc1)Nc1ccc(C(F)(F)F)c[nH+]1. The number of hydrogen-bond donors (Lipinski definition) is 1. The number of H-pyrrole nitrogens is 1. The van der Waals surface area contributed by atoms with Crippen molar-refractivity contribution in [3.05, 3.63) is 59.8 Å². The maximum atomic E-state index is 12.5. The van der Waals surface area contributed by atoms with E-state index in [1.807, 2.05) is 25.1 Å². The molecule has 2 nitrogen and oxygen atoms in total. The van der Waals surface area contributed by atoms with Gasteiger partial charge in [-0.2, -0.15) is 13.2 Å². The van der Waals surface area contributed by atoms with Crippen LogP contribution in [0.4, 0.5) is 19.0 Å². The van der Waals surface area contributed by atoms with Crippen LogP contribution in [0.25, 0.3) is 0 Å². The van der Waals surface area contributed by atoms with Gasteiger partial charge in [0.15, 0.2) is 0 Å². The fourth-order valence-electron chi connectivity index (χ4n) is 2.06. The molecule has 0 radical (unpaired) electrons. The molecule has 1 aromatic carbocycles. The fraction of sp³-hybridized carbons (Fsp3) is 0.312.